The Balaban J connectivity index is 1.98. The second kappa shape index (κ2) is 4.58. The van der Waals surface area contributed by atoms with Gasteiger partial charge in [-0.25, -0.2) is 4.99 Å². The van der Waals surface area contributed by atoms with E-state index in [1.54, 1.807) is 0 Å². The molecule has 0 aromatic carbocycles. The summed E-state index contributed by atoms with van der Waals surface area (Å²) in [6, 6.07) is 0. The largest absolute Gasteiger partial charge is 0.394 e. The maximum absolute atomic E-state index is 11.8. The van der Waals surface area contributed by atoms with Gasteiger partial charge < -0.3 is 36.0 Å². The Morgan fingerprint density at radius 1 is 1.41 bits per heavy atom. The highest BCUT2D eigenvalue weighted by molar-refractivity contribution is 6.04. The monoisotopic (exact) mass is 317 g/mol. The van der Waals surface area contributed by atoms with E-state index in [0.29, 0.717) is 0 Å². The van der Waals surface area contributed by atoms with Crippen LogP contribution in [0.4, 0.5) is 0 Å². The second-order valence-corrected chi connectivity index (χ2v) is 5.14. The molecule has 122 valence electrons. The average Bonchev–Trinajstić information content (AvgIpc) is 2.87. The van der Waals surface area contributed by atoms with Gasteiger partial charge in [-0.3, -0.25) is 15.0 Å². The minimum atomic E-state index is -2.69. The van der Waals surface area contributed by atoms with E-state index in [2.05, 4.69) is 9.98 Å². The zero-order valence-electron chi connectivity index (χ0n) is 11.1. The van der Waals surface area contributed by atoms with Gasteiger partial charge >= 0.3 is 11.6 Å². The van der Waals surface area contributed by atoms with Gasteiger partial charge in [0.15, 0.2) is 12.2 Å². The molecule has 12 heteroatoms. The van der Waals surface area contributed by atoms with Crippen LogP contribution in [0.3, 0.4) is 0 Å². The molecule has 6 atom stereocenters. The molecular formula is C10H15N5O7. The van der Waals surface area contributed by atoms with Crippen molar-refractivity contribution >= 4 is 18.2 Å². The quantitative estimate of drug-likeness (QED) is 0.260. The van der Waals surface area contributed by atoms with Crippen LogP contribution in [0.25, 0.3) is 0 Å². The van der Waals surface area contributed by atoms with Crippen molar-refractivity contribution in [2.24, 2.45) is 15.7 Å². The van der Waals surface area contributed by atoms with Crippen LogP contribution in [0.1, 0.15) is 0 Å². The van der Waals surface area contributed by atoms with E-state index < -0.39 is 54.6 Å². The Morgan fingerprint density at radius 3 is 2.68 bits per heavy atom. The molecule has 12 nitrogen and oxygen atoms in total. The van der Waals surface area contributed by atoms with Crippen molar-refractivity contribution in [1.82, 2.24) is 10.2 Å². The number of rotatable bonds is 2. The number of nitrogens with zero attached hydrogens (tertiary/aromatic N) is 3. The lowest BCUT2D eigenvalue weighted by atomic mass is 10.0. The highest BCUT2D eigenvalue weighted by Crippen LogP contribution is 2.39. The molecule has 0 aromatic heterocycles. The molecular weight excluding hydrogens is 302 g/mol. The molecule has 1 amide bonds. The van der Waals surface area contributed by atoms with E-state index in [0.717, 1.165) is 11.2 Å². The first kappa shape index (κ1) is 15.1. The third-order valence-electron chi connectivity index (χ3n) is 3.82. The smallest absolute Gasteiger partial charge is 0.310 e. The van der Waals surface area contributed by atoms with Gasteiger partial charge in [-0.1, -0.05) is 0 Å². The summed E-state index contributed by atoms with van der Waals surface area (Å²) in [5, 5.41) is 51.6. The number of aliphatic imine (C=N–C) groups is 2. The van der Waals surface area contributed by atoms with Crippen LogP contribution in [0.5, 0.6) is 0 Å². The fourth-order valence-corrected chi connectivity index (χ4v) is 2.59. The normalized spacial score (nSPS) is 47.4. The molecule has 0 aromatic rings. The van der Waals surface area contributed by atoms with Gasteiger partial charge in [0, 0.05) is 0 Å². The highest BCUT2D eigenvalue weighted by atomic mass is 16.6. The summed E-state index contributed by atoms with van der Waals surface area (Å²) in [5.41, 5.74) is 2.68. The molecule has 3 heterocycles. The van der Waals surface area contributed by atoms with Crippen LogP contribution < -0.4 is 11.1 Å². The lowest BCUT2D eigenvalue weighted by molar-refractivity contribution is -0.231. The molecule has 0 bridgehead atoms. The molecule has 3 aliphatic heterocycles. The van der Waals surface area contributed by atoms with Gasteiger partial charge in [-0.15, -0.1) is 0 Å². The molecule has 3 rings (SSSR count). The van der Waals surface area contributed by atoms with Crippen LogP contribution in [0, 0.1) is 0 Å². The van der Waals surface area contributed by atoms with E-state index in [-0.39, 0.29) is 0 Å². The van der Waals surface area contributed by atoms with E-state index >= 15 is 0 Å². The number of carbonyl (C=O) groups excluding carboxylic acids is 1. The molecule has 1 fully saturated rings. The van der Waals surface area contributed by atoms with Gasteiger partial charge in [-0.2, -0.15) is 4.99 Å². The predicted octanol–water partition coefficient (Wildman–Crippen LogP) is -5.45. The van der Waals surface area contributed by atoms with Crippen LogP contribution in [0.15, 0.2) is 9.98 Å². The standard InChI is InChI=1S/C10H15N5O7/c11-8-13-7(19)9(20)10(21,14-8)15(2-12-9)6-5(18)4(17)3(1-16)22-6/h2-6,16-18,20-21H,1H2,(H3,11,13,14,19)/t3-,4-,5-,6-,9?,10?/m1/s1. The van der Waals surface area contributed by atoms with Crippen molar-refractivity contribution in [3.05, 3.63) is 0 Å². The maximum atomic E-state index is 11.8. The second-order valence-electron chi connectivity index (χ2n) is 5.14. The maximum Gasteiger partial charge on any atom is 0.310 e. The molecule has 0 spiro atoms. The Bertz CT molecular complexity index is 570. The minimum Gasteiger partial charge on any atom is -0.394 e. The topological polar surface area (TPSA) is 193 Å². The fourth-order valence-electron chi connectivity index (χ4n) is 2.59. The van der Waals surface area contributed by atoms with Gasteiger partial charge in [-0.05, 0) is 0 Å². The summed E-state index contributed by atoms with van der Waals surface area (Å²) in [6.45, 7) is -0.589. The number of aliphatic hydroxyl groups excluding tert-OH is 3. The summed E-state index contributed by atoms with van der Waals surface area (Å²) in [6.07, 6.45) is -4.69. The number of carbonyl (C=O) groups is 1. The van der Waals surface area contributed by atoms with Crippen LogP contribution in [-0.2, 0) is 9.53 Å². The first-order chi connectivity index (χ1) is 10.2. The van der Waals surface area contributed by atoms with Gasteiger partial charge in [0.25, 0.3) is 5.91 Å². The Morgan fingerprint density at radius 2 is 2.09 bits per heavy atom. The number of hydrogen-bond donors (Lipinski definition) is 7. The van der Waals surface area contributed by atoms with Gasteiger partial charge in [0.2, 0.25) is 0 Å². The minimum absolute atomic E-state index is 0.473. The van der Waals surface area contributed by atoms with Crippen molar-refractivity contribution in [3.63, 3.8) is 0 Å². The van der Waals surface area contributed by atoms with Crippen molar-refractivity contribution in [2.75, 3.05) is 6.61 Å². The lowest BCUT2D eigenvalue weighted by Gasteiger charge is -2.42. The number of nitrogens with two attached hydrogens (primary N) is 1. The molecule has 2 unspecified atom stereocenters. The Kier molecular flexibility index (Phi) is 3.14. The van der Waals surface area contributed by atoms with E-state index in [1.165, 1.54) is 0 Å². The molecule has 0 saturated carbocycles. The summed E-state index contributed by atoms with van der Waals surface area (Å²) in [5.74, 6) is -4.25. The van der Waals surface area contributed by atoms with Gasteiger partial charge in [0.05, 0.1) is 12.9 Å². The van der Waals surface area contributed by atoms with Crippen molar-refractivity contribution in [2.45, 2.75) is 36.1 Å². The third-order valence-corrected chi connectivity index (χ3v) is 3.82. The number of guanidine groups is 1. The summed E-state index contributed by atoms with van der Waals surface area (Å²) in [4.78, 5) is 19.7. The van der Waals surface area contributed by atoms with Gasteiger partial charge in [0.1, 0.15) is 18.3 Å². The number of ether oxygens (including phenoxy) is 1. The fraction of sp³-hybridized carbons (Fsp3) is 0.700. The van der Waals surface area contributed by atoms with Crippen molar-refractivity contribution in [3.8, 4) is 0 Å². The van der Waals surface area contributed by atoms with Crippen LogP contribution >= 0.6 is 0 Å². The van der Waals surface area contributed by atoms with Crippen molar-refractivity contribution in [1.29, 1.82) is 0 Å². The number of hydrogen-bond acceptors (Lipinski definition) is 11. The number of nitrogens with one attached hydrogen (secondary N) is 1. The van der Waals surface area contributed by atoms with Crippen LogP contribution in [0.2, 0.25) is 0 Å². The first-order valence-electron chi connectivity index (χ1n) is 6.32. The summed E-state index contributed by atoms with van der Waals surface area (Å²) >= 11 is 0. The Hall–Kier alpha value is -1.83. The summed E-state index contributed by atoms with van der Waals surface area (Å²) in [7, 11) is 0. The van der Waals surface area contributed by atoms with E-state index in [4.69, 9.17) is 15.6 Å². The third kappa shape index (κ3) is 1.70. The molecule has 8 N–H and O–H groups in total. The molecule has 0 aliphatic carbocycles. The SMILES string of the molecule is NC1=NC2(O)N([C@@H]3O[C@H](CO)[C@@H](O)[C@H]3O)C=NC2(O)C(=O)N1. The van der Waals surface area contributed by atoms with Crippen LogP contribution in [-0.4, -0.2) is 91.4 Å². The van der Waals surface area contributed by atoms with E-state index in [1.807, 2.05) is 5.32 Å². The Labute approximate surface area is 123 Å². The zero-order valence-corrected chi connectivity index (χ0v) is 11.1. The average molecular weight is 317 g/mol. The molecule has 0 radical (unpaired) electrons. The first-order valence-corrected chi connectivity index (χ1v) is 6.32. The van der Waals surface area contributed by atoms with Crippen molar-refractivity contribution < 1.29 is 35.1 Å². The molecule has 1 saturated heterocycles. The number of fused-ring (bicyclic) bond motifs is 1. The summed E-state index contributed by atoms with van der Waals surface area (Å²) < 4.78 is 5.22. The molecule has 3 aliphatic rings. The number of amides is 1. The predicted molar refractivity (Wildman–Crippen MR) is 67.8 cm³/mol. The molecule has 22 heavy (non-hydrogen) atoms. The number of aliphatic hydroxyl groups is 5. The zero-order chi connectivity index (χ0) is 16.3. The van der Waals surface area contributed by atoms with E-state index in [9.17, 15) is 25.2 Å². The lowest BCUT2D eigenvalue weighted by Crippen LogP contribution is -2.71. The highest BCUT2D eigenvalue weighted by Gasteiger charge is 2.68.